The van der Waals surface area contributed by atoms with Crippen molar-refractivity contribution < 1.29 is 29.0 Å². The summed E-state index contributed by atoms with van der Waals surface area (Å²) in [5, 5.41) is 13.6. The number of rotatable bonds is 6. The van der Waals surface area contributed by atoms with E-state index in [4.69, 9.17) is 9.47 Å². The van der Waals surface area contributed by atoms with Gasteiger partial charge in [0.2, 0.25) is 11.8 Å². The summed E-state index contributed by atoms with van der Waals surface area (Å²) in [5.41, 5.74) is -1.69. The Labute approximate surface area is 196 Å². The molecule has 2 fully saturated rings. The van der Waals surface area contributed by atoms with Crippen molar-refractivity contribution in [3.05, 3.63) is 22.2 Å². The summed E-state index contributed by atoms with van der Waals surface area (Å²) in [5.74, 6) is -3.25. The minimum atomic E-state index is -1.57. The average molecular weight is 511 g/mol. The van der Waals surface area contributed by atoms with Crippen LogP contribution >= 0.6 is 15.9 Å². The van der Waals surface area contributed by atoms with Gasteiger partial charge in [-0.1, -0.05) is 20.3 Å². The van der Waals surface area contributed by atoms with E-state index in [1.165, 1.54) is 19.1 Å². The van der Waals surface area contributed by atoms with Crippen molar-refractivity contribution in [2.24, 2.45) is 17.8 Å². The molecule has 0 aromatic heterocycles. The molecule has 5 unspecified atom stereocenters. The maximum atomic E-state index is 13.6. The second-order valence-electron chi connectivity index (χ2n) is 9.53. The van der Waals surface area contributed by atoms with Crippen LogP contribution in [0.15, 0.2) is 16.6 Å². The van der Waals surface area contributed by atoms with Gasteiger partial charge in [-0.05, 0) is 60.3 Å². The Bertz CT molecular complexity index is 959. The molecular weight excluding hydrogens is 480 g/mol. The van der Waals surface area contributed by atoms with Crippen molar-refractivity contribution in [3.8, 4) is 11.5 Å². The first-order chi connectivity index (χ1) is 14.9. The van der Waals surface area contributed by atoms with Crippen LogP contribution in [0.2, 0.25) is 0 Å². The fourth-order valence-corrected chi connectivity index (χ4v) is 5.81. The minimum Gasteiger partial charge on any atom is -0.493 e. The van der Waals surface area contributed by atoms with E-state index in [0.29, 0.717) is 28.0 Å². The van der Waals surface area contributed by atoms with Crippen LogP contribution in [-0.2, 0) is 14.4 Å². The maximum absolute atomic E-state index is 13.6. The predicted molar refractivity (Wildman–Crippen MR) is 122 cm³/mol. The zero-order valence-electron chi connectivity index (χ0n) is 19.5. The Morgan fingerprint density at radius 3 is 2.34 bits per heavy atom. The third-order valence-electron chi connectivity index (χ3n) is 6.82. The molecule has 2 N–H and O–H groups in total. The summed E-state index contributed by atoms with van der Waals surface area (Å²) in [4.78, 5) is 41.2. The van der Waals surface area contributed by atoms with Crippen LogP contribution in [0.3, 0.4) is 0 Å². The van der Waals surface area contributed by atoms with Crippen molar-refractivity contribution in [1.82, 2.24) is 10.2 Å². The topological polar surface area (TPSA) is 105 Å². The number of methoxy groups -OCH3 is 2. The lowest BCUT2D eigenvalue weighted by atomic mass is 9.72. The normalized spacial score (nSPS) is 28.6. The lowest BCUT2D eigenvalue weighted by Crippen LogP contribution is -2.60. The van der Waals surface area contributed by atoms with Crippen molar-refractivity contribution in [1.29, 1.82) is 0 Å². The summed E-state index contributed by atoms with van der Waals surface area (Å²) < 4.78 is 11.5. The van der Waals surface area contributed by atoms with E-state index in [-0.39, 0.29) is 5.91 Å². The number of nitrogens with one attached hydrogen (secondary N) is 1. The highest BCUT2D eigenvalue weighted by molar-refractivity contribution is 9.10. The fourth-order valence-electron chi connectivity index (χ4n) is 5.19. The summed E-state index contributed by atoms with van der Waals surface area (Å²) >= 11 is 3.48. The van der Waals surface area contributed by atoms with Gasteiger partial charge in [0.25, 0.3) is 0 Å². The van der Waals surface area contributed by atoms with Gasteiger partial charge in [-0.2, -0.15) is 0 Å². The molecule has 176 valence electrons. The molecular formula is C23H31BrN2O6. The highest BCUT2D eigenvalue weighted by atomic mass is 79.9. The van der Waals surface area contributed by atoms with E-state index in [1.54, 1.807) is 32.9 Å². The number of fused-ring (bicyclic) bond motifs is 1. The Balaban J connectivity index is 2.26. The molecule has 32 heavy (non-hydrogen) atoms. The Hall–Kier alpha value is -2.13. The molecule has 5 atom stereocenters. The molecule has 0 radical (unpaired) electrons. The van der Waals surface area contributed by atoms with E-state index in [9.17, 15) is 19.5 Å². The number of aliphatic carboxylic acids is 1. The number of likely N-dealkylation sites (tertiary alicyclic amines) is 1. The number of carboxylic acids is 1. The number of hydrogen-bond donors (Lipinski definition) is 2. The summed E-state index contributed by atoms with van der Waals surface area (Å²) in [6.07, 6.45) is 0.530. The largest absolute Gasteiger partial charge is 0.493 e. The van der Waals surface area contributed by atoms with Crippen LogP contribution in [0, 0.1) is 17.8 Å². The molecule has 1 aromatic rings. The van der Waals surface area contributed by atoms with E-state index in [0.717, 1.165) is 0 Å². The molecule has 2 amide bonds. The van der Waals surface area contributed by atoms with Crippen LogP contribution in [-0.4, -0.2) is 53.1 Å². The number of carbonyl (C=O) groups is 3. The quantitative estimate of drug-likeness (QED) is 0.565. The second kappa shape index (κ2) is 8.33. The molecule has 0 spiro atoms. The number of ether oxygens (including phenoxy) is 2. The molecule has 2 aliphatic heterocycles. The van der Waals surface area contributed by atoms with Gasteiger partial charge in [0.05, 0.1) is 30.5 Å². The fraction of sp³-hybridized carbons (Fsp3) is 0.609. The predicted octanol–water partition coefficient (Wildman–Crippen LogP) is 3.38. The number of carbonyl (C=O) groups excluding carboxylic acids is 2. The van der Waals surface area contributed by atoms with Gasteiger partial charge in [0.1, 0.15) is 5.54 Å². The van der Waals surface area contributed by atoms with Gasteiger partial charge < -0.3 is 14.6 Å². The van der Waals surface area contributed by atoms with E-state index >= 15 is 0 Å². The minimum absolute atomic E-state index is 0.359. The smallest absolute Gasteiger partial charge is 0.325 e. The van der Waals surface area contributed by atoms with E-state index in [1.807, 2.05) is 13.8 Å². The first-order valence-corrected chi connectivity index (χ1v) is 11.5. The van der Waals surface area contributed by atoms with Gasteiger partial charge in [0, 0.05) is 11.6 Å². The first kappa shape index (κ1) is 24.5. The summed E-state index contributed by atoms with van der Waals surface area (Å²) in [6.45, 7) is 9.04. The van der Waals surface area contributed by atoms with Gasteiger partial charge in [-0.25, -0.2) is 0 Å². The molecule has 2 heterocycles. The third kappa shape index (κ3) is 3.41. The number of amides is 2. The number of imide groups is 1. The van der Waals surface area contributed by atoms with E-state index < -0.39 is 46.7 Å². The number of halogens is 1. The van der Waals surface area contributed by atoms with Crippen molar-refractivity contribution >= 4 is 33.7 Å². The SMILES string of the molecule is CCC(C)C1(C(=O)O)NC(c2cc(Br)c(OC)c(OC)c2)C2C(=O)N(C(C)(C)C)C(=O)C21. The number of nitrogens with zero attached hydrogens (tertiary/aromatic N) is 1. The Kier molecular flexibility index (Phi) is 6.38. The standard InChI is InChI=1S/C23H31BrN2O6/c1-8-11(2)23(21(29)30)16-15(19(27)26(20(16)28)22(3,4)5)17(25-23)12-9-13(24)18(32-7)14(10-12)31-6/h9-11,15-17,25H,8H2,1-7H3,(H,29,30). The average Bonchev–Trinajstić information content (AvgIpc) is 3.21. The molecule has 2 saturated heterocycles. The van der Waals surface area contributed by atoms with Crippen molar-refractivity contribution in [3.63, 3.8) is 0 Å². The zero-order chi connectivity index (χ0) is 24.2. The molecule has 0 aliphatic carbocycles. The lowest BCUT2D eigenvalue weighted by Gasteiger charge is -2.38. The van der Waals surface area contributed by atoms with Gasteiger partial charge in [-0.3, -0.25) is 24.6 Å². The molecule has 0 saturated carbocycles. The van der Waals surface area contributed by atoms with E-state index in [2.05, 4.69) is 21.2 Å². The Morgan fingerprint density at radius 1 is 1.25 bits per heavy atom. The van der Waals surface area contributed by atoms with Crippen molar-refractivity contribution in [2.45, 2.75) is 58.2 Å². The molecule has 9 heteroatoms. The Morgan fingerprint density at radius 2 is 1.88 bits per heavy atom. The molecule has 1 aromatic carbocycles. The molecule has 2 aliphatic rings. The van der Waals surface area contributed by atoms with Crippen LogP contribution in [0.1, 0.15) is 52.6 Å². The van der Waals surface area contributed by atoms with Crippen LogP contribution in [0.4, 0.5) is 0 Å². The second-order valence-corrected chi connectivity index (χ2v) is 10.4. The molecule has 8 nitrogen and oxygen atoms in total. The highest BCUT2D eigenvalue weighted by Crippen LogP contribution is 2.54. The van der Waals surface area contributed by atoms with Gasteiger partial charge >= 0.3 is 5.97 Å². The molecule has 3 rings (SSSR count). The number of hydrogen-bond acceptors (Lipinski definition) is 6. The summed E-state index contributed by atoms with van der Waals surface area (Å²) in [6, 6.07) is 2.82. The number of carboxylic acid groups (broad SMARTS) is 1. The summed E-state index contributed by atoms with van der Waals surface area (Å²) in [7, 11) is 3.02. The van der Waals surface area contributed by atoms with Crippen LogP contribution in [0.25, 0.3) is 0 Å². The van der Waals surface area contributed by atoms with Gasteiger partial charge in [-0.15, -0.1) is 0 Å². The zero-order valence-corrected chi connectivity index (χ0v) is 21.1. The number of benzene rings is 1. The van der Waals surface area contributed by atoms with Crippen molar-refractivity contribution in [2.75, 3.05) is 14.2 Å². The first-order valence-electron chi connectivity index (χ1n) is 10.7. The monoisotopic (exact) mass is 510 g/mol. The third-order valence-corrected chi connectivity index (χ3v) is 7.41. The van der Waals surface area contributed by atoms with Crippen LogP contribution in [0.5, 0.6) is 11.5 Å². The maximum Gasteiger partial charge on any atom is 0.325 e. The molecule has 0 bridgehead atoms. The van der Waals surface area contributed by atoms with Crippen LogP contribution < -0.4 is 14.8 Å². The highest BCUT2D eigenvalue weighted by Gasteiger charge is 2.70. The van der Waals surface area contributed by atoms with Gasteiger partial charge in [0.15, 0.2) is 11.5 Å². The lowest BCUT2D eigenvalue weighted by molar-refractivity contribution is -0.156.